The van der Waals surface area contributed by atoms with Gasteiger partial charge >= 0.3 is 5.97 Å². The van der Waals surface area contributed by atoms with Crippen molar-refractivity contribution in [3.05, 3.63) is 0 Å². The number of thioether (sulfide) groups is 1. The first kappa shape index (κ1) is 9.86. The van der Waals surface area contributed by atoms with Crippen molar-refractivity contribution < 1.29 is 9.53 Å². The van der Waals surface area contributed by atoms with Gasteiger partial charge < -0.3 is 9.64 Å². The molecule has 1 rings (SSSR count). The summed E-state index contributed by atoms with van der Waals surface area (Å²) in [6, 6.07) is 0. The highest BCUT2D eigenvalue weighted by Crippen LogP contribution is 2.20. The van der Waals surface area contributed by atoms with E-state index in [0.717, 1.165) is 18.8 Å². The summed E-state index contributed by atoms with van der Waals surface area (Å²) in [7, 11) is 3.53. The van der Waals surface area contributed by atoms with Crippen molar-refractivity contribution in [3.63, 3.8) is 0 Å². The standard InChI is InChI=1S/C8H15NO2S/c1-9-3-4-12-7(6-9)5-8(10)11-2/h7H,3-6H2,1-2H3. The van der Waals surface area contributed by atoms with E-state index in [1.54, 1.807) is 0 Å². The Labute approximate surface area is 77.4 Å². The highest BCUT2D eigenvalue weighted by atomic mass is 32.2. The number of rotatable bonds is 2. The molecule has 0 saturated carbocycles. The smallest absolute Gasteiger partial charge is 0.306 e. The molecule has 12 heavy (non-hydrogen) atoms. The van der Waals surface area contributed by atoms with E-state index in [1.165, 1.54) is 7.11 Å². The van der Waals surface area contributed by atoms with Gasteiger partial charge in [0.25, 0.3) is 0 Å². The third kappa shape index (κ3) is 3.03. The van der Waals surface area contributed by atoms with Crippen molar-refractivity contribution in [2.24, 2.45) is 0 Å². The summed E-state index contributed by atoms with van der Waals surface area (Å²) in [6.45, 7) is 2.13. The molecular weight excluding hydrogens is 174 g/mol. The second-order valence-corrected chi connectivity index (χ2v) is 4.44. The van der Waals surface area contributed by atoms with E-state index in [4.69, 9.17) is 0 Å². The Balaban J connectivity index is 2.27. The summed E-state index contributed by atoms with van der Waals surface area (Å²) in [5, 5.41) is 0.427. The molecule has 0 N–H and O–H groups in total. The summed E-state index contributed by atoms with van der Waals surface area (Å²) < 4.78 is 4.62. The van der Waals surface area contributed by atoms with Gasteiger partial charge in [-0.15, -0.1) is 0 Å². The lowest BCUT2D eigenvalue weighted by molar-refractivity contribution is -0.140. The fourth-order valence-electron chi connectivity index (χ4n) is 1.26. The van der Waals surface area contributed by atoms with Crippen LogP contribution in [0.3, 0.4) is 0 Å². The summed E-state index contributed by atoms with van der Waals surface area (Å²) in [6.07, 6.45) is 0.547. The Morgan fingerprint density at radius 3 is 3.08 bits per heavy atom. The van der Waals surface area contributed by atoms with E-state index in [9.17, 15) is 4.79 Å². The van der Waals surface area contributed by atoms with Gasteiger partial charge in [-0.25, -0.2) is 0 Å². The molecule has 3 nitrogen and oxygen atoms in total. The van der Waals surface area contributed by atoms with Crippen LogP contribution in [0.15, 0.2) is 0 Å². The zero-order valence-corrected chi connectivity index (χ0v) is 8.39. The zero-order valence-electron chi connectivity index (χ0n) is 7.58. The van der Waals surface area contributed by atoms with Gasteiger partial charge in [0.1, 0.15) is 0 Å². The predicted molar refractivity (Wildman–Crippen MR) is 50.4 cm³/mol. The number of carbonyl (C=O) groups is 1. The van der Waals surface area contributed by atoms with Crippen molar-refractivity contribution in [1.29, 1.82) is 0 Å². The number of hydrogen-bond acceptors (Lipinski definition) is 4. The number of hydrogen-bond donors (Lipinski definition) is 0. The number of methoxy groups -OCH3 is 1. The molecule has 0 aliphatic carbocycles. The second-order valence-electron chi connectivity index (χ2n) is 3.04. The first-order valence-electron chi connectivity index (χ1n) is 4.09. The third-order valence-corrected chi connectivity index (χ3v) is 3.17. The van der Waals surface area contributed by atoms with Crippen LogP contribution in [-0.2, 0) is 9.53 Å². The van der Waals surface area contributed by atoms with Gasteiger partial charge in [-0.2, -0.15) is 11.8 Å². The Morgan fingerprint density at radius 2 is 2.50 bits per heavy atom. The van der Waals surface area contributed by atoms with E-state index in [1.807, 2.05) is 11.8 Å². The Kier molecular flexibility index (Phi) is 3.88. The van der Waals surface area contributed by atoms with E-state index in [2.05, 4.69) is 16.7 Å². The minimum absolute atomic E-state index is 0.0946. The normalized spacial score (nSPS) is 25.3. The first-order valence-corrected chi connectivity index (χ1v) is 5.14. The van der Waals surface area contributed by atoms with Crippen LogP contribution < -0.4 is 0 Å². The van der Waals surface area contributed by atoms with E-state index < -0.39 is 0 Å². The van der Waals surface area contributed by atoms with Crippen molar-refractivity contribution >= 4 is 17.7 Å². The minimum atomic E-state index is -0.0946. The van der Waals surface area contributed by atoms with Crippen LogP contribution in [-0.4, -0.2) is 49.1 Å². The van der Waals surface area contributed by atoms with Crippen LogP contribution in [0, 0.1) is 0 Å². The van der Waals surface area contributed by atoms with Gasteiger partial charge in [-0.05, 0) is 7.05 Å². The summed E-state index contributed by atoms with van der Waals surface area (Å²) in [5.41, 5.74) is 0. The van der Waals surface area contributed by atoms with Gasteiger partial charge in [0.2, 0.25) is 0 Å². The van der Waals surface area contributed by atoms with Crippen molar-refractivity contribution in [2.45, 2.75) is 11.7 Å². The molecule has 0 amide bonds. The minimum Gasteiger partial charge on any atom is -0.469 e. The van der Waals surface area contributed by atoms with Crippen LogP contribution in [0.2, 0.25) is 0 Å². The summed E-state index contributed by atoms with van der Waals surface area (Å²) in [4.78, 5) is 13.2. The molecule has 0 bridgehead atoms. The van der Waals surface area contributed by atoms with Crippen LogP contribution in [0.25, 0.3) is 0 Å². The number of ether oxygens (including phenoxy) is 1. The molecule has 0 aromatic carbocycles. The molecular formula is C8H15NO2S. The average Bonchev–Trinajstić information content (AvgIpc) is 2.04. The molecule has 4 heteroatoms. The molecule has 1 aliphatic heterocycles. The molecule has 0 radical (unpaired) electrons. The zero-order chi connectivity index (χ0) is 8.97. The van der Waals surface area contributed by atoms with Crippen molar-refractivity contribution in [3.8, 4) is 0 Å². The summed E-state index contributed by atoms with van der Waals surface area (Å²) in [5.74, 6) is 1.03. The predicted octanol–water partition coefficient (Wildman–Crippen LogP) is 0.597. The molecule has 1 heterocycles. The average molecular weight is 189 g/mol. The molecule has 1 aliphatic rings. The molecule has 1 unspecified atom stereocenters. The van der Waals surface area contributed by atoms with Crippen LogP contribution in [0.5, 0.6) is 0 Å². The maximum absolute atomic E-state index is 10.9. The maximum atomic E-state index is 10.9. The molecule has 1 atom stereocenters. The quantitative estimate of drug-likeness (QED) is 0.595. The lowest BCUT2D eigenvalue weighted by Crippen LogP contribution is -2.35. The van der Waals surface area contributed by atoms with E-state index >= 15 is 0 Å². The number of nitrogens with zero attached hydrogens (tertiary/aromatic N) is 1. The van der Waals surface area contributed by atoms with Crippen molar-refractivity contribution in [1.82, 2.24) is 4.90 Å². The van der Waals surface area contributed by atoms with Gasteiger partial charge in [0.15, 0.2) is 0 Å². The highest BCUT2D eigenvalue weighted by molar-refractivity contribution is 8.00. The fraction of sp³-hybridized carbons (Fsp3) is 0.875. The molecule has 1 saturated heterocycles. The van der Waals surface area contributed by atoms with E-state index in [-0.39, 0.29) is 5.97 Å². The summed E-state index contributed by atoms with van der Waals surface area (Å²) >= 11 is 1.87. The van der Waals surface area contributed by atoms with Crippen molar-refractivity contribution in [2.75, 3.05) is 33.0 Å². The molecule has 0 aromatic heterocycles. The molecule has 1 fully saturated rings. The molecule has 0 aromatic rings. The van der Waals surface area contributed by atoms with Crippen LogP contribution >= 0.6 is 11.8 Å². The van der Waals surface area contributed by atoms with Gasteiger partial charge in [-0.1, -0.05) is 0 Å². The van der Waals surface area contributed by atoms with Gasteiger partial charge in [-0.3, -0.25) is 4.79 Å². The van der Waals surface area contributed by atoms with Crippen LogP contribution in [0.4, 0.5) is 0 Å². The lowest BCUT2D eigenvalue weighted by atomic mass is 10.3. The topological polar surface area (TPSA) is 29.5 Å². The Morgan fingerprint density at radius 1 is 1.75 bits per heavy atom. The maximum Gasteiger partial charge on any atom is 0.306 e. The number of esters is 1. The Bertz CT molecular complexity index is 163. The largest absolute Gasteiger partial charge is 0.469 e. The molecule has 0 spiro atoms. The monoisotopic (exact) mass is 189 g/mol. The van der Waals surface area contributed by atoms with Crippen LogP contribution in [0.1, 0.15) is 6.42 Å². The van der Waals surface area contributed by atoms with Gasteiger partial charge in [0.05, 0.1) is 13.5 Å². The third-order valence-electron chi connectivity index (χ3n) is 1.96. The number of carbonyl (C=O) groups excluding carboxylic acids is 1. The fourth-order valence-corrected chi connectivity index (χ4v) is 2.62. The first-order chi connectivity index (χ1) is 5.72. The highest BCUT2D eigenvalue weighted by Gasteiger charge is 2.20. The lowest BCUT2D eigenvalue weighted by Gasteiger charge is -2.28. The SMILES string of the molecule is COC(=O)CC1CN(C)CCS1. The van der Waals surface area contributed by atoms with Gasteiger partial charge in [0, 0.05) is 24.1 Å². The second kappa shape index (κ2) is 4.72. The Hall–Kier alpha value is -0.220. The molecule has 70 valence electrons. The van der Waals surface area contributed by atoms with E-state index in [0.29, 0.717) is 11.7 Å².